The van der Waals surface area contributed by atoms with Gasteiger partial charge >= 0.3 is 0 Å². The Morgan fingerprint density at radius 2 is 2.05 bits per heavy atom. The highest BCUT2D eigenvalue weighted by Gasteiger charge is 2.05. The number of benzene rings is 1. The number of halogens is 1. The van der Waals surface area contributed by atoms with E-state index in [0.717, 1.165) is 12.2 Å². The number of anilines is 1. The zero-order valence-corrected chi connectivity index (χ0v) is 11.0. The Bertz CT molecular complexity index is 560. The molecule has 4 nitrogen and oxygen atoms in total. The summed E-state index contributed by atoms with van der Waals surface area (Å²) in [6, 6.07) is 8.25. The number of rotatable bonds is 5. The lowest BCUT2D eigenvalue weighted by molar-refractivity contribution is 0.287. The molecular formula is C14H16FN3O. The van der Waals surface area contributed by atoms with Crippen molar-refractivity contribution in [3.8, 4) is 5.88 Å². The van der Waals surface area contributed by atoms with Gasteiger partial charge in [-0.1, -0.05) is 18.2 Å². The molecule has 5 heteroatoms. The Balaban J connectivity index is 2.09. The third-order valence-electron chi connectivity index (χ3n) is 2.50. The van der Waals surface area contributed by atoms with E-state index in [0.29, 0.717) is 17.4 Å². The van der Waals surface area contributed by atoms with Gasteiger partial charge in [0.25, 0.3) is 0 Å². The summed E-state index contributed by atoms with van der Waals surface area (Å²) in [4.78, 5) is 8.42. The standard InChI is InChI=1S/C14H16FN3O/c1-3-16-14-17-10(2)8-13(18-14)19-9-11-6-4-5-7-12(11)15/h4-8H,3,9H2,1-2H3,(H,16,17,18). The van der Waals surface area contributed by atoms with Crippen molar-refractivity contribution >= 4 is 5.95 Å². The van der Waals surface area contributed by atoms with Gasteiger partial charge < -0.3 is 10.1 Å². The first-order valence-electron chi connectivity index (χ1n) is 6.15. The van der Waals surface area contributed by atoms with Crippen molar-refractivity contribution < 1.29 is 9.13 Å². The number of nitrogens with zero attached hydrogens (tertiary/aromatic N) is 2. The van der Waals surface area contributed by atoms with Crippen LogP contribution in [-0.2, 0) is 6.61 Å². The predicted molar refractivity (Wildman–Crippen MR) is 71.7 cm³/mol. The molecule has 0 radical (unpaired) electrons. The monoisotopic (exact) mass is 261 g/mol. The van der Waals surface area contributed by atoms with Crippen molar-refractivity contribution in [1.82, 2.24) is 9.97 Å². The fourth-order valence-corrected chi connectivity index (χ4v) is 1.62. The van der Waals surface area contributed by atoms with E-state index in [4.69, 9.17) is 4.74 Å². The second kappa shape index (κ2) is 6.13. The Morgan fingerprint density at radius 1 is 1.26 bits per heavy atom. The summed E-state index contributed by atoms with van der Waals surface area (Å²) >= 11 is 0. The Morgan fingerprint density at radius 3 is 2.79 bits per heavy atom. The fourth-order valence-electron chi connectivity index (χ4n) is 1.62. The average molecular weight is 261 g/mol. The molecule has 0 aliphatic carbocycles. The molecule has 1 heterocycles. The topological polar surface area (TPSA) is 47.0 Å². The summed E-state index contributed by atoms with van der Waals surface area (Å²) in [6.07, 6.45) is 0. The van der Waals surface area contributed by atoms with Gasteiger partial charge in [-0.25, -0.2) is 9.37 Å². The maximum Gasteiger partial charge on any atom is 0.226 e. The number of aromatic nitrogens is 2. The molecule has 19 heavy (non-hydrogen) atoms. The second-order valence-corrected chi connectivity index (χ2v) is 4.08. The molecule has 0 atom stereocenters. The lowest BCUT2D eigenvalue weighted by Crippen LogP contribution is -2.06. The van der Waals surface area contributed by atoms with Crippen LogP contribution in [0.1, 0.15) is 18.2 Å². The molecule has 1 N–H and O–H groups in total. The van der Waals surface area contributed by atoms with Crippen molar-refractivity contribution in [2.45, 2.75) is 20.5 Å². The first-order chi connectivity index (χ1) is 9.19. The van der Waals surface area contributed by atoms with Crippen molar-refractivity contribution in [2.24, 2.45) is 0 Å². The minimum atomic E-state index is -0.278. The smallest absolute Gasteiger partial charge is 0.226 e. The molecule has 0 aliphatic heterocycles. The number of aryl methyl sites for hydroxylation is 1. The summed E-state index contributed by atoms with van der Waals surface area (Å²) < 4.78 is 19.0. The quantitative estimate of drug-likeness (QED) is 0.899. The summed E-state index contributed by atoms with van der Waals surface area (Å²) in [5.41, 5.74) is 1.30. The maximum absolute atomic E-state index is 13.4. The third-order valence-corrected chi connectivity index (χ3v) is 2.50. The number of hydrogen-bond acceptors (Lipinski definition) is 4. The summed E-state index contributed by atoms with van der Waals surface area (Å²) in [6.45, 7) is 4.70. The Hall–Kier alpha value is -2.17. The first kappa shape index (κ1) is 13.3. The van der Waals surface area contributed by atoms with Crippen LogP contribution in [0.4, 0.5) is 10.3 Å². The van der Waals surface area contributed by atoms with Gasteiger partial charge in [0.2, 0.25) is 11.8 Å². The van der Waals surface area contributed by atoms with E-state index in [1.807, 2.05) is 13.8 Å². The summed E-state index contributed by atoms with van der Waals surface area (Å²) in [7, 11) is 0. The van der Waals surface area contributed by atoms with E-state index in [2.05, 4.69) is 15.3 Å². The molecule has 0 spiro atoms. The van der Waals surface area contributed by atoms with E-state index < -0.39 is 0 Å². The molecule has 0 bridgehead atoms. The molecule has 0 amide bonds. The second-order valence-electron chi connectivity index (χ2n) is 4.08. The average Bonchev–Trinajstić information content (AvgIpc) is 2.37. The van der Waals surface area contributed by atoms with Crippen LogP contribution in [0.3, 0.4) is 0 Å². The van der Waals surface area contributed by atoms with Crippen LogP contribution in [0.5, 0.6) is 5.88 Å². The lowest BCUT2D eigenvalue weighted by atomic mass is 10.2. The van der Waals surface area contributed by atoms with Crippen LogP contribution in [0.25, 0.3) is 0 Å². The fraction of sp³-hybridized carbons (Fsp3) is 0.286. The first-order valence-corrected chi connectivity index (χ1v) is 6.15. The minimum Gasteiger partial charge on any atom is -0.473 e. The number of hydrogen-bond donors (Lipinski definition) is 1. The molecule has 1 aromatic carbocycles. The molecular weight excluding hydrogens is 245 g/mol. The van der Waals surface area contributed by atoms with E-state index in [1.165, 1.54) is 6.07 Å². The Kier molecular flexibility index (Phi) is 4.28. The van der Waals surface area contributed by atoms with Crippen molar-refractivity contribution in [3.05, 3.63) is 47.4 Å². The normalized spacial score (nSPS) is 10.3. The Labute approximate surface area is 111 Å². The highest BCUT2D eigenvalue weighted by atomic mass is 19.1. The van der Waals surface area contributed by atoms with E-state index >= 15 is 0 Å². The van der Waals surface area contributed by atoms with Gasteiger partial charge in [-0.3, -0.25) is 0 Å². The number of ether oxygens (including phenoxy) is 1. The molecule has 0 saturated heterocycles. The van der Waals surface area contributed by atoms with Gasteiger partial charge in [0, 0.05) is 23.9 Å². The largest absolute Gasteiger partial charge is 0.473 e. The summed E-state index contributed by atoms with van der Waals surface area (Å²) in [5, 5.41) is 3.02. The van der Waals surface area contributed by atoms with E-state index in [1.54, 1.807) is 24.3 Å². The highest BCUT2D eigenvalue weighted by molar-refractivity contribution is 5.30. The van der Waals surface area contributed by atoms with Crippen LogP contribution < -0.4 is 10.1 Å². The minimum absolute atomic E-state index is 0.148. The van der Waals surface area contributed by atoms with Crippen LogP contribution >= 0.6 is 0 Å². The third kappa shape index (κ3) is 3.64. The van der Waals surface area contributed by atoms with Gasteiger partial charge in [0.1, 0.15) is 12.4 Å². The van der Waals surface area contributed by atoms with Crippen LogP contribution in [-0.4, -0.2) is 16.5 Å². The van der Waals surface area contributed by atoms with Crippen molar-refractivity contribution in [3.63, 3.8) is 0 Å². The zero-order chi connectivity index (χ0) is 13.7. The van der Waals surface area contributed by atoms with Gasteiger partial charge in [0.05, 0.1) is 0 Å². The van der Waals surface area contributed by atoms with Crippen molar-refractivity contribution in [2.75, 3.05) is 11.9 Å². The van der Waals surface area contributed by atoms with Gasteiger partial charge in [0.15, 0.2) is 0 Å². The molecule has 100 valence electrons. The molecule has 0 aliphatic rings. The molecule has 1 aromatic heterocycles. The lowest BCUT2D eigenvalue weighted by Gasteiger charge is -2.09. The predicted octanol–water partition coefficient (Wildman–Crippen LogP) is 2.93. The van der Waals surface area contributed by atoms with Gasteiger partial charge in [-0.2, -0.15) is 4.98 Å². The van der Waals surface area contributed by atoms with E-state index in [-0.39, 0.29) is 12.4 Å². The maximum atomic E-state index is 13.4. The van der Waals surface area contributed by atoms with Gasteiger partial charge in [-0.05, 0) is 19.9 Å². The zero-order valence-electron chi connectivity index (χ0n) is 11.0. The molecule has 2 aromatic rings. The molecule has 2 rings (SSSR count). The van der Waals surface area contributed by atoms with E-state index in [9.17, 15) is 4.39 Å². The molecule has 0 unspecified atom stereocenters. The summed E-state index contributed by atoms with van der Waals surface area (Å²) in [5.74, 6) is 0.679. The van der Waals surface area contributed by atoms with Crippen molar-refractivity contribution in [1.29, 1.82) is 0 Å². The van der Waals surface area contributed by atoms with Crippen LogP contribution in [0.15, 0.2) is 30.3 Å². The number of nitrogens with one attached hydrogen (secondary N) is 1. The van der Waals surface area contributed by atoms with Gasteiger partial charge in [-0.15, -0.1) is 0 Å². The molecule has 0 saturated carbocycles. The SMILES string of the molecule is CCNc1nc(C)cc(OCc2ccccc2F)n1. The molecule has 0 fully saturated rings. The highest BCUT2D eigenvalue weighted by Crippen LogP contribution is 2.15. The van der Waals surface area contributed by atoms with Crippen LogP contribution in [0, 0.1) is 12.7 Å². The van der Waals surface area contributed by atoms with Crippen LogP contribution in [0.2, 0.25) is 0 Å².